The van der Waals surface area contributed by atoms with Gasteiger partial charge in [-0.15, -0.1) is 0 Å². The molecule has 1 atom stereocenters. The summed E-state index contributed by atoms with van der Waals surface area (Å²) in [6.07, 6.45) is 6.52. The summed E-state index contributed by atoms with van der Waals surface area (Å²) in [5.41, 5.74) is 2.26. The van der Waals surface area contributed by atoms with E-state index in [1.54, 1.807) is 12.4 Å². The number of aromatic nitrogens is 1. The lowest BCUT2D eigenvalue weighted by molar-refractivity contribution is -0.134. The number of likely N-dealkylation sites (tertiary alicyclic amines) is 1. The fourth-order valence-electron chi connectivity index (χ4n) is 4.49. The molecule has 1 aromatic heterocycles. The van der Waals surface area contributed by atoms with Gasteiger partial charge >= 0.3 is 0 Å². The zero-order valence-electron chi connectivity index (χ0n) is 17.1. The molecule has 0 saturated carbocycles. The number of morpholine rings is 1. The molecule has 0 spiro atoms. The van der Waals surface area contributed by atoms with Crippen molar-refractivity contribution >= 4 is 5.91 Å². The summed E-state index contributed by atoms with van der Waals surface area (Å²) in [4.78, 5) is 22.2. The number of carbonyl (C=O) groups is 1. The maximum absolute atomic E-state index is 13.5. The third kappa shape index (κ3) is 5.43. The number of hydrogen-bond donors (Lipinski definition) is 0. The molecule has 2 aromatic rings. The molecule has 2 saturated heterocycles. The number of pyridine rings is 1. The van der Waals surface area contributed by atoms with E-state index < -0.39 is 0 Å². The van der Waals surface area contributed by atoms with Crippen LogP contribution in [0.5, 0.6) is 0 Å². The SMILES string of the molecule is O=C(C(Cc1ccncc1)c1ccccc1)N1CCC(CN2CCOCC2)CC1. The molecule has 5 heteroatoms. The molecule has 29 heavy (non-hydrogen) atoms. The molecule has 1 aromatic carbocycles. The van der Waals surface area contributed by atoms with Crippen molar-refractivity contribution in [2.24, 2.45) is 5.92 Å². The van der Waals surface area contributed by atoms with Crippen molar-refractivity contribution in [1.82, 2.24) is 14.8 Å². The minimum Gasteiger partial charge on any atom is -0.379 e. The Kier molecular flexibility index (Phi) is 6.91. The molecule has 4 rings (SSSR count). The van der Waals surface area contributed by atoms with E-state index in [0.717, 1.165) is 76.3 Å². The summed E-state index contributed by atoms with van der Waals surface area (Å²) in [5, 5.41) is 0. The second-order valence-corrected chi connectivity index (χ2v) is 8.20. The highest BCUT2D eigenvalue weighted by Gasteiger charge is 2.30. The number of piperidine rings is 1. The molecule has 5 nitrogen and oxygen atoms in total. The lowest BCUT2D eigenvalue weighted by Gasteiger charge is -2.37. The number of carbonyl (C=O) groups excluding carboxylic acids is 1. The Morgan fingerprint density at radius 3 is 2.38 bits per heavy atom. The number of hydrogen-bond acceptors (Lipinski definition) is 4. The number of benzene rings is 1. The first-order valence-corrected chi connectivity index (χ1v) is 10.8. The van der Waals surface area contributed by atoms with Crippen molar-refractivity contribution in [1.29, 1.82) is 0 Å². The second kappa shape index (κ2) is 9.99. The van der Waals surface area contributed by atoms with Crippen LogP contribution in [0.1, 0.15) is 29.9 Å². The van der Waals surface area contributed by atoms with E-state index >= 15 is 0 Å². The highest BCUT2D eigenvalue weighted by atomic mass is 16.5. The quantitative estimate of drug-likeness (QED) is 0.757. The van der Waals surface area contributed by atoms with Gasteiger partial charge in [-0.1, -0.05) is 30.3 Å². The van der Waals surface area contributed by atoms with Crippen LogP contribution in [-0.2, 0) is 16.0 Å². The molecule has 2 aliphatic heterocycles. The molecular formula is C24H31N3O2. The monoisotopic (exact) mass is 393 g/mol. The second-order valence-electron chi connectivity index (χ2n) is 8.20. The molecule has 2 aliphatic rings. The number of ether oxygens (including phenoxy) is 1. The van der Waals surface area contributed by atoms with Crippen LogP contribution in [0.3, 0.4) is 0 Å². The molecule has 1 amide bonds. The van der Waals surface area contributed by atoms with Gasteiger partial charge in [0, 0.05) is 45.1 Å². The lowest BCUT2D eigenvalue weighted by atomic mass is 9.89. The van der Waals surface area contributed by atoms with Crippen molar-refractivity contribution in [2.75, 3.05) is 45.9 Å². The van der Waals surface area contributed by atoms with Crippen LogP contribution in [0.15, 0.2) is 54.9 Å². The summed E-state index contributed by atoms with van der Waals surface area (Å²) in [6.45, 7) is 6.67. The van der Waals surface area contributed by atoms with Crippen LogP contribution in [0.2, 0.25) is 0 Å². The van der Waals surface area contributed by atoms with Crippen molar-refractivity contribution in [2.45, 2.75) is 25.2 Å². The Hall–Kier alpha value is -2.24. The highest BCUT2D eigenvalue weighted by molar-refractivity contribution is 5.84. The third-order valence-corrected chi connectivity index (χ3v) is 6.24. The van der Waals surface area contributed by atoms with Gasteiger partial charge in [0.25, 0.3) is 0 Å². The lowest BCUT2D eigenvalue weighted by Crippen LogP contribution is -2.45. The average molecular weight is 394 g/mol. The zero-order valence-corrected chi connectivity index (χ0v) is 17.1. The Morgan fingerprint density at radius 1 is 1.00 bits per heavy atom. The minimum absolute atomic E-state index is 0.130. The van der Waals surface area contributed by atoms with Crippen molar-refractivity contribution in [3.63, 3.8) is 0 Å². The summed E-state index contributed by atoms with van der Waals surface area (Å²) >= 11 is 0. The highest BCUT2D eigenvalue weighted by Crippen LogP contribution is 2.27. The minimum atomic E-state index is -0.130. The van der Waals surface area contributed by atoms with Crippen LogP contribution in [0.4, 0.5) is 0 Å². The molecule has 0 bridgehead atoms. The van der Waals surface area contributed by atoms with E-state index in [-0.39, 0.29) is 11.8 Å². The first-order chi connectivity index (χ1) is 14.3. The molecule has 1 unspecified atom stereocenters. The van der Waals surface area contributed by atoms with Crippen molar-refractivity contribution < 1.29 is 9.53 Å². The largest absolute Gasteiger partial charge is 0.379 e. The molecule has 154 valence electrons. The molecule has 0 N–H and O–H groups in total. The average Bonchev–Trinajstić information content (AvgIpc) is 2.79. The van der Waals surface area contributed by atoms with Crippen LogP contribution < -0.4 is 0 Å². The Bertz CT molecular complexity index is 754. The Morgan fingerprint density at radius 2 is 1.69 bits per heavy atom. The van der Waals surface area contributed by atoms with Gasteiger partial charge in [0.1, 0.15) is 0 Å². The maximum atomic E-state index is 13.5. The van der Waals surface area contributed by atoms with Crippen LogP contribution >= 0.6 is 0 Å². The summed E-state index contributed by atoms with van der Waals surface area (Å²) in [5.74, 6) is 0.819. The number of amides is 1. The Labute approximate surface area is 173 Å². The first kappa shape index (κ1) is 20.0. The predicted octanol–water partition coefficient (Wildman–Crippen LogP) is 2.98. The van der Waals surface area contributed by atoms with E-state index in [1.165, 1.54) is 0 Å². The summed E-state index contributed by atoms with van der Waals surface area (Å²) in [7, 11) is 0. The van der Waals surface area contributed by atoms with Crippen LogP contribution in [-0.4, -0.2) is 66.6 Å². The molecule has 2 fully saturated rings. The van der Waals surface area contributed by atoms with Crippen molar-refractivity contribution in [3.05, 3.63) is 66.0 Å². The molecular weight excluding hydrogens is 362 g/mol. The Balaban J connectivity index is 1.39. The van der Waals surface area contributed by atoms with Gasteiger partial charge in [0.15, 0.2) is 0 Å². The fraction of sp³-hybridized carbons (Fsp3) is 0.500. The third-order valence-electron chi connectivity index (χ3n) is 6.24. The molecule has 0 radical (unpaired) electrons. The smallest absolute Gasteiger partial charge is 0.230 e. The van der Waals surface area contributed by atoms with Gasteiger partial charge in [-0.25, -0.2) is 0 Å². The predicted molar refractivity (Wildman–Crippen MR) is 114 cm³/mol. The van der Waals surface area contributed by atoms with E-state index in [4.69, 9.17) is 4.74 Å². The molecule has 0 aliphatic carbocycles. The normalized spacial score (nSPS) is 19.8. The zero-order chi connectivity index (χ0) is 19.9. The van der Waals surface area contributed by atoms with Gasteiger partial charge in [-0.2, -0.15) is 0 Å². The van der Waals surface area contributed by atoms with Gasteiger partial charge in [-0.3, -0.25) is 14.7 Å². The first-order valence-electron chi connectivity index (χ1n) is 10.8. The number of rotatable bonds is 6. The van der Waals surface area contributed by atoms with Gasteiger partial charge < -0.3 is 9.64 Å². The van der Waals surface area contributed by atoms with Crippen molar-refractivity contribution in [3.8, 4) is 0 Å². The van der Waals surface area contributed by atoms with E-state index in [0.29, 0.717) is 5.92 Å². The van der Waals surface area contributed by atoms with E-state index in [9.17, 15) is 4.79 Å². The van der Waals surface area contributed by atoms with Gasteiger partial charge in [0.2, 0.25) is 5.91 Å². The van der Waals surface area contributed by atoms with Crippen LogP contribution in [0.25, 0.3) is 0 Å². The summed E-state index contributed by atoms with van der Waals surface area (Å²) < 4.78 is 5.46. The topological polar surface area (TPSA) is 45.7 Å². The van der Waals surface area contributed by atoms with E-state index in [2.05, 4.69) is 26.9 Å². The van der Waals surface area contributed by atoms with Crippen LogP contribution in [0, 0.1) is 5.92 Å². The van der Waals surface area contributed by atoms with Gasteiger partial charge in [0.05, 0.1) is 19.1 Å². The summed E-state index contributed by atoms with van der Waals surface area (Å²) in [6, 6.07) is 14.2. The standard InChI is InChI=1S/C24H31N3O2/c28-24(27-12-8-21(9-13-27)19-26-14-16-29-17-15-26)23(22-4-2-1-3-5-22)18-20-6-10-25-11-7-20/h1-7,10-11,21,23H,8-9,12-19H2. The number of nitrogens with zero attached hydrogens (tertiary/aromatic N) is 3. The molecule has 3 heterocycles. The fourth-order valence-corrected chi connectivity index (χ4v) is 4.49. The van der Waals surface area contributed by atoms with E-state index in [1.807, 2.05) is 30.3 Å². The maximum Gasteiger partial charge on any atom is 0.230 e. The van der Waals surface area contributed by atoms with Gasteiger partial charge in [-0.05, 0) is 48.4 Å².